The van der Waals surface area contributed by atoms with Crippen molar-refractivity contribution in [2.24, 2.45) is 5.41 Å². The Hall–Kier alpha value is -1.18. The van der Waals surface area contributed by atoms with Crippen LogP contribution >= 0.6 is 12.6 Å². The zero-order chi connectivity index (χ0) is 14.6. The molecular weight excluding hydrogens is 273 g/mol. The molecule has 0 heterocycles. The fraction of sp³-hybridized carbons (Fsp3) is 0.600. The van der Waals surface area contributed by atoms with E-state index < -0.39 is 41.6 Å². The minimum absolute atomic E-state index is 0.522. The Labute approximate surface area is 108 Å². The number of alkyl halides is 2. The number of carbonyl (C=O) groups is 2. The quantitative estimate of drug-likeness (QED) is 0.461. The third-order valence-electron chi connectivity index (χ3n) is 1.72. The number of thiol groups is 1. The van der Waals surface area contributed by atoms with Gasteiger partial charge in [-0.3, -0.25) is 4.79 Å². The number of rotatable bonds is 6. The Balaban J connectivity index is 4.32. The molecule has 0 saturated carbocycles. The van der Waals surface area contributed by atoms with E-state index in [1.165, 1.54) is 13.8 Å². The zero-order valence-corrected chi connectivity index (χ0v) is 10.7. The standard InChI is InChI=1S/C10H13F3O4S/c1-6(11)7(14)16-4-9(2,3)8(15)17-5-10(12,13)18/h18H,1,4-5H2,2-3H3. The maximum Gasteiger partial charge on any atom is 0.366 e. The van der Waals surface area contributed by atoms with Crippen molar-refractivity contribution < 1.29 is 32.2 Å². The van der Waals surface area contributed by atoms with Crippen LogP contribution in [0.5, 0.6) is 0 Å². The van der Waals surface area contributed by atoms with Gasteiger partial charge < -0.3 is 9.47 Å². The van der Waals surface area contributed by atoms with E-state index in [4.69, 9.17) is 0 Å². The van der Waals surface area contributed by atoms with Crippen LogP contribution in [0.1, 0.15) is 13.8 Å². The van der Waals surface area contributed by atoms with E-state index in [0.29, 0.717) is 0 Å². The Morgan fingerprint density at radius 1 is 1.22 bits per heavy atom. The van der Waals surface area contributed by atoms with Gasteiger partial charge in [0, 0.05) is 0 Å². The fourth-order valence-corrected chi connectivity index (χ4v) is 0.795. The van der Waals surface area contributed by atoms with Gasteiger partial charge in [0.15, 0.2) is 6.61 Å². The second-order valence-electron chi connectivity index (χ2n) is 4.11. The molecule has 0 aliphatic carbocycles. The highest BCUT2D eigenvalue weighted by Crippen LogP contribution is 2.22. The van der Waals surface area contributed by atoms with Crippen LogP contribution in [0.4, 0.5) is 13.2 Å². The Morgan fingerprint density at radius 3 is 2.11 bits per heavy atom. The molecule has 0 aromatic heterocycles. The molecule has 0 atom stereocenters. The monoisotopic (exact) mass is 286 g/mol. The summed E-state index contributed by atoms with van der Waals surface area (Å²) in [6.45, 7) is 3.56. The third-order valence-corrected chi connectivity index (χ3v) is 1.84. The van der Waals surface area contributed by atoms with E-state index in [2.05, 4.69) is 28.7 Å². The molecule has 0 fully saturated rings. The van der Waals surface area contributed by atoms with Crippen molar-refractivity contribution in [3.05, 3.63) is 12.4 Å². The van der Waals surface area contributed by atoms with Gasteiger partial charge in [0.1, 0.15) is 6.61 Å². The Morgan fingerprint density at radius 2 is 1.72 bits per heavy atom. The second-order valence-corrected chi connectivity index (χ2v) is 4.76. The SMILES string of the molecule is C=C(F)C(=O)OCC(C)(C)C(=O)OCC(F)(F)S. The summed E-state index contributed by atoms with van der Waals surface area (Å²) in [4.78, 5) is 22.1. The van der Waals surface area contributed by atoms with Crippen LogP contribution < -0.4 is 0 Å². The van der Waals surface area contributed by atoms with Crippen molar-refractivity contribution in [1.82, 2.24) is 0 Å². The number of ether oxygens (including phenoxy) is 2. The summed E-state index contributed by atoms with van der Waals surface area (Å²) < 4.78 is 45.6. The van der Waals surface area contributed by atoms with Crippen LogP contribution in [0.3, 0.4) is 0 Å². The maximum atomic E-state index is 12.3. The van der Waals surface area contributed by atoms with Crippen LogP contribution in [0.15, 0.2) is 12.4 Å². The number of halogens is 3. The summed E-state index contributed by atoms with van der Waals surface area (Å²) in [5, 5.41) is -3.45. The normalized spacial score (nSPS) is 11.9. The van der Waals surface area contributed by atoms with E-state index in [0.717, 1.165) is 0 Å². The van der Waals surface area contributed by atoms with Crippen LogP contribution in [-0.2, 0) is 19.1 Å². The second kappa shape index (κ2) is 6.12. The minimum Gasteiger partial charge on any atom is -0.459 e. The first-order valence-electron chi connectivity index (χ1n) is 4.75. The Bertz CT molecular complexity index is 350. The first kappa shape index (κ1) is 16.8. The van der Waals surface area contributed by atoms with Gasteiger partial charge in [0.05, 0.1) is 5.41 Å². The molecule has 0 aliphatic rings. The van der Waals surface area contributed by atoms with Crippen molar-refractivity contribution in [3.63, 3.8) is 0 Å². The average molecular weight is 286 g/mol. The number of hydrogen-bond donors (Lipinski definition) is 1. The molecule has 0 amide bonds. The van der Waals surface area contributed by atoms with Gasteiger partial charge in [0.25, 0.3) is 0 Å². The first-order valence-corrected chi connectivity index (χ1v) is 5.19. The van der Waals surface area contributed by atoms with Gasteiger partial charge in [-0.05, 0) is 13.8 Å². The highest BCUT2D eigenvalue weighted by atomic mass is 32.1. The number of carbonyl (C=O) groups excluding carboxylic acids is 2. The van der Waals surface area contributed by atoms with E-state index in [9.17, 15) is 22.8 Å². The highest BCUT2D eigenvalue weighted by Gasteiger charge is 2.34. The maximum absolute atomic E-state index is 12.3. The van der Waals surface area contributed by atoms with Crippen LogP contribution in [0, 0.1) is 5.41 Å². The molecule has 8 heteroatoms. The smallest absolute Gasteiger partial charge is 0.366 e. The summed E-state index contributed by atoms with van der Waals surface area (Å²) >= 11 is 2.88. The highest BCUT2D eigenvalue weighted by molar-refractivity contribution is 7.81. The Kier molecular flexibility index (Phi) is 5.72. The molecular formula is C10H13F3O4S. The molecule has 0 aromatic carbocycles. The van der Waals surface area contributed by atoms with E-state index in [1.54, 1.807) is 0 Å². The van der Waals surface area contributed by atoms with Crippen LogP contribution in [0.2, 0.25) is 0 Å². The largest absolute Gasteiger partial charge is 0.459 e. The van der Waals surface area contributed by atoms with Crippen molar-refractivity contribution in [2.75, 3.05) is 13.2 Å². The topological polar surface area (TPSA) is 52.6 Å². The molecule has 0 rings (SSSR count). The summed E-state index contributed by atoms with van der Waals surface area (Å²) in [5.41, 5.74) is -1.38. The molecule has 4 nitrogen and oxygen atoms in total. The molecule has 0 aliphatic heterocycles. The molecule has 0 unspecified atom stereocenters. The van der Waals surface area contributed by atoms with E-state index >= 15 is 0 Å². The molecule has 0 aromatic rings. The predicted molar refractivity (Wildman–Crippen MR) is 59.9 cm³/mol. The number of esters is 2. The lowest BCUT2D eigenvalue weighted by molar-refractivity contribution is -0.165. The lowest BCUT2D eigenvalue weighted by Gasteiger charge is -2.22. The lowest BCUT2D eigenvalue weighted by Crippen LogP contribution is -2.34. The van der Waals surface area contributed by atoms with Gasteiger partial charge in [-0.15, -0.1) is 12.6 Å². The summed E-state index contributed by atoms with van der Waals surface area (Å²) in [7, 11) is 0. The van der Waals surface area contributed by atoms with Crippen molar-refractivity contribution in [3.8, 4) is 0 Å². The molecule has 0 saturated heterocycles. The number of hydrogen-bond acceptors (Lipinski definition) is 5. The van der Waals surface area contributed by atoms with Crippen molar-refractivity contribution >= 4 is 24.6 Å². The summed E-state index contributed by atoms with van der Waals surface area (Å²) in [6.07, 6.45) is 0. The lowest BCUT2D eigenvalue weighted by atomic mass is 9.95. The third kappa shape index (κ3) is 6.53. The van der Waals surface area contributed by atoms with Crippen LogP contribution in [0.25, 0.3) is 0 Å². The zero-order valence-electron chi connectivity index (χ0n) is 9.84. The predicted octanol–water partition coefficient (Wildman–Crippen LogP) is 2.10. The summed E-state index contributed by atoms with van der Waals surface area (Å²) in [5.74, 6) is -3.66. The van der Waals surface area contributed by atoms with Gasteiger partial charge in [-0.2, -0.15) is 13.2 Å². The van der Waals surface area contributed by atoms with Crippen molar-refractivity contribution in [1.29, 1.82) is 0 Å². The van der Waals surface area contributed by atoms with E-state index in [1.807, 2.05) is 0 Å². The van der Waals surface area contributed by atoms with Gasteiger partial charge in [0.2, 0.25) is 5.83 Å². The van der Waals surface area contributed by atoms with E-state index in [-0.39, 0.29) is 0 Å². The average Bonchev–Trinajstić information content (AvgIpc) is 2.21. The molecule has 18 heavy (non-hydrogen) atoms. The van der Waals surface area contributed by atoms with Crippen LogP contribution in [-0.4, -0.2) is 30.4 Å². The van der Waals surface area contributed by atoms with Gasteiger partial charge in [-0.25, -0.2) is 4.79 Å². The fourth-order valence-electron chi connectivity index (χ4n) is 0.731. The first-order chi connectivity index (χ1) is 7.96. The van der Waals surface area contributed by atoms with Crippen molar-refractivity contribution in [2.45, 2.75) is 19.1 Å². The van der Waals surface area contributed by atoms with Gasteiger partial charge >= 0.3 is 17.2 Å². The van der Waals surface area contributed by atoms with Gasteiger partial charge in [-0.1, -0.05) is 6.58 Å². The molecule has 0 bridgehead atoms. The molecule has 0 spiro atoms. The molecule has 0 N–H and O–H groups in total. The minimum atomic E-state index is -3.45. The molecule has 0 radical (unpaired) electrons. The summed E-state index contributed by atoms with van der Waals surface area (Å²) in [6, 6.07) is 0. The molecule has 104 valence electrons.